The van der Waals surface area contributed by atoms with Gasteiger partial charge in [0.25, 0.3) is 0 Å². The van der Waals surface area contributed by atoms with Gasteiger partial charge in [0.15, 0.2) is 0 Å². The molecule has 1 aromatic heterocycles. The lowest BCUT2D eigenvalue weighted by Gasteiger charge is -2.06. The maximum Gasteiger partial charge on any atom is 0.340 e. The predicted molar refractivity (Wildman–Crippen MR) is 66.0 cm³/mol. The highest BCUT2D eigenvalue weighted by Crippen LogP contribution is 2.21. The average Bonchev–Trinajstić information content (AvgIpc) is 2.23. The maximum absolute atomic E-state index is 11.7. The molecule has 0 unspecified atom stereocenters. The molecule has 4 nitrogen and oxygen atoms in total. The molecule has 0 saturated heterocycles. The fourth-order valence-electron chi connectivity index (χ4n) is 1.86. The van der Waals surface area contributed by atoms with E-state index in [-0.39, 0.29) is 12.2 Å². The van der Waals surface area contributed by atoms with E-state index >= 15 is 0 Å². The molecule has 0 saturated carbocycles. The second-order valence-corrected chi connectivity index (χ2v) is 4.13. The second-order valence-electron chi connectivity index (χ2n) is 4.13. The number of hydrogen-bond acceptors (Lipinski definition) is 4. The first kappa shape index (κ1) is 11.4. The third-order valence-corrected chi connectivity index (χ3v) is 2.74. The van der Waals surface area contributed by atoms with Crippen molar-refractivity contribution in [2.24, 2.45) is 0 Å². The van der Waals surface area contributed by atoms with E-state index in [9.17, 15) is 9.59 Å². The number of fused-ring (bicyclic) bond motifs is 1. The van der Waals surface area contributed by atoms with E-state index in [1.807, 2.05) is 6.92 Å². The maximum atomic E-state index is 11.7. The summed E-state index contributed by atoms with van der Waals surface area (Å²) >= 11 is 0. The minimum absolute atomic E-state index is 0.0600. The normalized spacial score (nSPS) is 10.7. The monoisotopic (exact) mass is 231 g/mol. The Balaban J connectivity index is 2.76. The number of ketones is 1. The molecule has 0 atom stereocenters. The number of carbonyl (C=O) groups excluding carboxylic acids is 1. The van der Waals surface area contributed by atoms with Gasteiger partial charge in [-0.1, -0.05) is 0 Å². The average molecular weight is 231 g/mol. The lowest BCUT2D eigenvalue weighted by Crippen LogP contribution is -2.13. The van der Waals surface area contributed by atoms with Gasteiger partial charge in [0.2, 0.25) is 0 Å². The van der Waals surface area contributed by atoms with Crippen molar-refractivity contribution in [3.63, 3.8) is 0 Å². The molecular formula is C13H13NO3. The summed E-state index contributed by atoms with van der Waals surface area (Å²) in [6.07, 6.45) is 0.106. The zero-order valence-corrected chi connectivity index (χ0v) is 9.74. The highest BCUT2D eigenvalue weighted by Gasteiger charge is 2.12. The Bertz CT molecular complexity index is 655. The van der Waals surface area contributed by atoms with Crippen LogP contribution >= 0.6 is 0 Å². The molecule has 0 aliphatic carbocycles. The molecule has 0 radical (unpaired) electrons. The SMILES string of the molecule is CC(=O)Cc1c(C)c2ccc(N)cc2oc1=O. The lowest BCUT2D eigenvalue weighted by molar-refractivity contribution is -0.116. The Labute approximate surface area is 98.0 Å². The number of anilines is 1. The number of aryl methyl sites for hydroxylation is 1. The molecule has 17 heavy (non-hydrogen) atoms. The summed E-state index contributed by atoms with van der Waals surface area (Å²) in [7, 11) is 0. The summed E-state index contributed by atoms with van der Waals surface area (Å²) in [5.41, 5.74) is 7.37. The molecule has 0 amide bonds. The largest absolute Gasteiger partial charge is 0.422 e. The number of nitrogens with two attached hydrogens (primary N) is 1. The topological polar surface area (TPSA) is 73.3 Å². The van der Waals surface area contributed by atoms with Crippen molar-refractivity contribution in [1.82, 2.24) is 0 Å². The van der Waals surface area contributed by atoms with E-state index in [1.165, 1.54) is 6.92 Å². The van der Waals surface area contributed by atoms with Gasteiger partial charge in [-0.15, -0.1) is 0 Å². The van der Waals surface area contributed by atoms with Gasteiger partial charge in [-0.3, -0.25) is 4.79 Å². The summed E-state index contributed by atoms with van der Waals surface area (Å²) in [6.45, 7) is 3.26. The smallest absolute Gasteiger partial charge is 0.340 e. The third-order valence-electron chi connectivity index (χ3n) is 2.74. The number of carbonyl (C=O) groups is 1. The first-order chi connectivity index (χ1) is 7.99. The van der Waals surface area contributed by atoms with E-state index in [4.69, 9.17) is 10.2 Å². The zero-order valence-electron chi connectivity index (χ0n) is 9.74. The molecule has 0 bridgehead atoms. The van der Waals surface area contributed by atoms with E-state index in [1.54, 1.807) is 18.2 Å². The number of hydrogen-bond donors (Lipinski definition) is 1. The third kappa shape index (κ3) is 2.06. The van der Waals surface area contributed by atoms with E-state index < -0.39 is 5.63 Å². The number of Topliss-reactive ketones (excluding diaryl/α,β-unsaturated/α-hetero) is 1. The molecule has 1 aromatic carbocycles. The molecule has 4 heteroatoms. The molecule has 0 fully saturated rings. The first-order valence-corrected chi connectivity index (χ1v) is 5.30. The van der Waals surface area contributed by atoms with Gasteiger partial charge < -0.3 is 10.2 Å². The van der Waals surface area contributed by atoms with Gasteiger partial charge in [0, 0.05) is 29.1 Å². The summed E-state index contributed by atoms with van der Waals surface area (Å²) in [5.74, 6) is -0.0600. The number of nitrogen functional groups attached to an aromatic ring is 1. The quantitative estimate of drug-likeness (QED) is 0.632. The molecule has 1 heterocycles. The van der Waals surface area contributed by atoms with Gasteiger partial charge in [-0.2, -0.15) is 0 Å². The standard InChI is InChI=1S/C13H13NO3/c1-7(15)5-11-8(2)10-4-3-9(14)6-12(10)17-13(11)16/h3-4,6H,5,14H2,1-2H3. The van der Waals surface area contributed by atoms with Crippen LogP contribution in [0.25, 0.3) is 11.0 Å². The Hall–Kier alpha value is -2.10. The minimum atomic E-state index is -0.462. The van der Waals surface area contributed by atoms with Crippen molar-refractivity contribution in [3.8, 4) is 0 Å². The zero-order chi connectivity index (χ0) is 12.6. The Morgan fingerprint density at radius 2 is 2.12 bits per heavy atom. The van der Waals surface area contributed by atoms with Crippen LogP contribution in [0, 0.1) is 6.92 Å². The molecule has 0 aliphatic heterocycles. The van der Waals surface area contributed by atoms with Crippen LogP contribution < -0.4 is 11.4 Å². The van der Waals surface area contributed by atoms with Crippen molar-refractivity contribution in [2.75, 3.05) is 5.73 Å². The first-order valence-electron chi connectivity index (χ1n) is 5.30. The predicted octanol–water partition coefficient (Wildman–Crippen LogP) is 1.82. The van der Waals surface area contributed by atoms with E-state index in [0.29, 0.717) is 16.8 Å². The van der Waals surface area contributed by atoms with Crippen LogP contribution in [0.1, 0.15) is 18.1 Å². The molecule has 0 spiro atoms. The number of benzene rings is 1. The highest BCUT2D eigenvalue weighted by atomic mass is 16.4. The molecular weight excluding hydrogens is 218 g/mol. The highest BCUT2D eigenvalue weighted by molar-refractivity contribution is 5.86. The summed E-state index contributed by atoms with van der Waals surface area (Å²) in [6, 6.07) is 5.15. The molecule has 2 rings (SSSR count). The van der Waals surface area contributed by atoms with Crippen LogP contribution in [0.5, 0.6) is 0 Å². The Kier molecular flexibility index (Phi) is 2.71. The van der Waals surface area contributed by atoms with Crippen molar-refractivity contribution in [3.05, 3.63) is 39.7 Å². The van der Waals surface area contributed by atoms with Gasteiger partial charge in [-0.05, 0) is 31.5 Å². The van der Waals surface area contributed by atoms with Crippen LogP contribution in [0.15, 0.2) is 27.4 Å². The lowest BCUT2D eigenvalue weighted by atomic mass is 10.0. The van der Waals surface area contributed by atoms with E-state index in [0.717, 1.165) is 10.9 Å². The molecule has 88 valence electrons. The fourth-order valence-corrected chi connectivity index (χ4v) is 1.86. The Morgan fingerprint density at radius 3 is 2.76 bits per heavy atom. The Morgan fingerprint density at radius 1 is 1.41 bits per heavy atom. The van der Waals surface area contributed by atoms with Crippen molar-refractivity contribution < 1.29 is 9.21 Å². The van der Waals surface area contributed by atoms with Gasteiger partial charge in [-0.25, -0.2) is 4.79 Å². The second kappa shape index (κ2) is 4.05. The molecule has 2 N–H and O–H groups in total. The fraction of sp³-hybridized carbons (Fsp3) is 0.231. The molecule has 0 aliphatic rings. The van der Waals surface area contributed by atoms with Crippen molar-refractivity contribution in [1.29, 1.82) is 0 Å². The van der Waals surface area contributed by atoms with Crippen molar-refractivity contribution >= 4 is 22.4 Å². The van der Waals surface area contributed by atoms with Crippen LogP contribution in [0.4, 0.5) is 5.69 Å². The van der Waals surface area contributed by atoms with E-state index in [2.05, 4.69) is 0 Å². The van der Waals surface area contributed by atoms with Crippen LogP contribution in [0.2, 0.25) is 0 Å². The number of rotatable bonds is 2. The van der Waals surface area contributed by atoms with Crippen LogP contribution in [-0.2, 0) is 11.2 Å². The summed E-state index contributed by atoms with van der Waals surface area (Å²) in [4.78, 5) is 22.8. The summed E-state index contributed by atoms with van der Waals surface area (Å²) < 4.78 is 5.17. The molecule has 2 aromatic rings. The van der Waals surface area contributed by atoms with Gasteiger partial charge in [0.1, 0.15) is 11.4 Å². The van der Waals surface area contributed by atoms with Crippen molar-refractivity contribution in [2.45, 2.75) is 20.3 Å². The minimum Gasteiger partial charge on any atom is -0.422 e. The summed E-state index contributed by atoms with van der Waals surface area (Å²) in [5, 5.41) is 0.815. The van der Waals surface area contributed by atoms with Crippen LogP contribution in [0.3, 0.4) is 0 Å². The van der Waals surface area contributed by atoms with Gasteiger partial charge >= 0.3 is 5.63 Å². The van der Waals surface area contributed by atoms with Gasteiger partial charge in [0.05, 0.1) is 0 Å². The van der Waals surface area contributed by atoms with Crippen LogP contribution in [-0.4, -0.2) is 5.78 Å².